The number of likely N-dealkylation sites (tertiary alicyclic amines) is 1. The van der Waals surface area contributed by atoms with Crippen LogP contribution in [0.25, 0.3) is 0 Å². The Kier molecular flexibility index (Phi) is 4.68. The summed E-state index contributed by atoms with van der Waals surface area (Å²) in [5, 5.41) is 9.52. The number of fused-ring (bicyclic) bond motifs is 2. The van der Waals surface area contributed by atoms with Crippen LogP contribution in [-0.4, -0.2) is 53.1 Å². The molecule has 1 aromatic carbocycles. The molecule has 1 aromatic heterocycles. The quantitative estimate of drug-likeness (QED) is 0.804. The molecule has 3 aliphatic rings. The molecule has 158 valence electrons. The molecule has 0 radical (unpaired) electrons. The largest absolute Gasteiger partial charge is 0.488 e. The zero-order valence-corrected chi connectivity index (χ0v) is 17.2. The minimum Gasteiger partial charge on any atom is -0.488 e. The molecule has 1 aliphatic carbocycles. The van der Waals surface area contributed by atoms with Crippen LogP contribution in [-0.2, 0) is 4.79 Å². The summed E-state index contributed by atoms with van der Waals surface area (Å²) >= 11 is 0. The van der Waals surface area contributed by atoms with E-state index in [1.54, 1.807) is 0 Å². The number of piperidine rings is 1. The highest BCUT2D eigenvalue weighted by Crippen LogP contribution is 2.45. The number of hydrogen-bond donors (Lipinski definition) is 2. The Labute approximate surface area is 175 Å². The Bertz CT molecular complexity index is 992. The number of aromatic nitrogens is 1. The second-order valence-electron chi connectivity index (χ2n) is 8.59. The molecule has 0 spiro atoms. The molecule has 1 fully saturated rings. The number of benzene rings is 1. The zero-order chi connectivity index (χ0) is 20.8. The first-order valence-corrected chi connectivity index (χ1v) is 10.8. The fourth-order valence-electron chi connectivity index (χ4n) is 5.05. The summed E-state index contributed by atoms with van der Waals surface area (Å²) in [6, 6.07) is 7.85. The molecule has 3 heterocycles. The van der Waals surface area contributed by atoms with Gasteiger partial charge in [-0.05, 0) is 54.9 Å². The van der Waals surface area contributed by atoms with Gasteiger partial charge in [-0.2, -0.15) is 0 Å². The Morgan fingerprint density at radius 1 is 1.10 bits per heavy atom. The lowest BCUT2D eigenvalue weighted by atomic mass is 10.0. The maximum atomic E-state index is 12.9. The molecule has 1 saturated heterocycles. The van der Waals surface area contributed by atoms with Gasteiger partial charge in [0.2, 0.25) is 0 Å². The molecule has 0 saturated carbocycles. The number of nitrogens with zero attached hydrogens (tertiary/aromatic N) is 2. The zero-order valence-electron chi connectivity index (χ0n) is 17.2. The smallest absolute Gasteiger partial charge is 0.311 e. The van der Waals surface area contributed by atoms with Crippen molar-refractivity contribution in [1.82, 2.24) is 9.88 Å². The maximum absolute atomic E-state index is 12.9. The van der Waals surface area contributed by atoms with Crippen molar-refractivity contribution in [3.8, 4) is 5.75 Å². The Balaban J connectivity index is 1.45. The lowest BCUT2D eigenvalue weighted by Gasteiger charge is -2.29. The third-order valence-corrected chi connectivity index (χ3v) is 6.65. The van der Waals surface area contributed by atoms with Crippen molar-refractivity contribution < 1.29 is 19.4 Å². The molecule has 30 heavy (non-hydrogen) atoms. The number of aliphatic carboxylic acids is 1. The van der Waals surface area contributed by atoms with E-state index in [2.05, 4.69) is 22.9 Å². The van der Waals surface area contributed by atoms with Gasteiger partial charge in [0.05, 0.1) is 12.5 Å². The Morgan fingerprint density at radius 3 is 2.67 bits per heavy atom. The lowest BCUT2D eigenvalue weighted by Crippen LogP contribution is -2.35. The maximum Gasteiger partial charge on any atom is 0.311 e. The van der Waals surface area contributed by atoms with Gasteiger partial charge in [-0.3, -0.25) is 9.59 Å². The summed E-state index contributed by atoms with van der Waals surface area (Å²) in [6.45, 7) is 4.90. The van der Waals surface area contributed by atoms with E-state index in [1.807, 2.05) is 23.1 Å². The van der Waals surface area contributed by atoms with Crippen molar-refractivity contribution >= 4 is 23.4 Å². The second-order valence-corrected chi connectivity index (χ2v) is 8.59. The topological polar surface area (TPSA) is 85.9 Å². The molecule has 2 aromatic rings. The molecule has 7 nitrogen and oxygen atoms in total. The van der Waals surface area contributed by atoms with Crippen LogP contribution >= 0.6 is 0 Å². The number of carboxylic acids is 1. The second kappa shape index (κ2) is 7.38. The number of nitrogens with one attached hydrogen (secondary N) is 1. The van der Waals surface area contributed by atoms with Crippen LogP contribution in [0.3, 0.4) is 0 Å². The summed E-state index contributed by atoms with van der Waals surface area (Å²) in [5.74, 6) is 0.539. The Hall–Kier alpha value is -2.96. The van der Waals surface area contributed by atoms with Gasteiger partial charge in [-0.1, -0.05) is 13.0 Å². The molecule has 1 amide bonds. The van der Waals surface area contributed by atoms with Crippen molar-refractivity contribution in [3.63, 3.8) is 0 Å². The number of carboxylic acid groups (broad SMARTS) is 1. The van der Waals surface area contributed by atoms with Gasteiger partial charge in [0.25, 0.3) is 5.91 Å². The van der Waals surface area contributed by atoms with Crippen LogP contribution in [0.5, 0.6) is 5.75 Å². The predicted octanol–water partition coefficient (Wildman–Crippen LogP) is 3.85. The summed E-state index contributed by atoms with van der Waals surface area (Å²) < 4.78 is 5.83. The van der Waals surface area contributed by atoms with E-state index in [4.69, 9.17) is 4.74 Å². The fourth-order valence-corrected chi connectivity index (χ4v) is 5.05. The van der Waals surface area contributed by atoms with E-state index >= 15 is 0 Å². The average Bonchev–Trinajstić information content (AvgIpc) is 3.35. The summed E-state index contributed by atoms with van der Waals surface area (Å²) in [7, 11) is 0. The standard InChI is InChI=1S/C23H27N3O4/c1-14-11-18(23(28)29)16-6-5-15(12-17(14)16)26-9-10-30-20-13-19(24-21(20)26)22(27)25-7-3-2-4-8-25/h5-6,12-14,18,24H,2-4,7-11H2,1H3,(H,28,29). The van der Waals surface area contributed by atoms with Crippen LogP contribution < -0.4 is 9.64 Å². The minimum absolute atomic E-state index is 0.0273. The van der Waals surface area contributed by atoms with E-state index in [9.17, 15) is 14.7 Å². The number of rotatable bonds is 3. The van der Waals surface area contributed by atoms with Gasteiger partial charge < -0.3 is 24.6 Å². The first-order valence-electron chi connectivity index (χ1n) is 10.8. The number of H-pyrrole nitrogens is 1. The molecule has 2 unspecified atom stereocenters. The predicted molar refractivity (Wildman–Crippen MR) is 113 cm³/mol. The summed E-state index contributed by atoms with van der Waals surface area (Å²) in [5.41, 5.74) is 3.58. The van der Waals surface area contributed by atoms with Gasteiger partial charge in [0.15, 0.2) is 11.6 Å². The van der Waals surface area contributed by atoms with E-state index in [0.717, 1.165) is 48.6 Å². The Morgan fingerprint density at radius 2 is 1.90 bits per heavy atom. The third-order valence-electron chi connectivity index (χ3n) is 6.65. The molecular formula is C23H27N3O4. The van der Waals surface area contributed by atoms with Crippen molar-refractivity contribution in [2.24, 2.45) is 0 Å². The molecule has 2 atom stereocenters. The fraction of sp³-hybridized carbons (Fsp3) is 0.478. The molecule has 5 rings (SSSR count). The van der Waals surface area contributed by atoms with E-state index in [0.29, 0.717) is 31.0 Å². The van der Waals surface area contributed by atoms with Crippen molar-refractivity contribution in [2.75, 3.05) is 31.1 Å². The number of anilines is 2. The van der Waals surface area contributed by atoms with Crippen LogP contribution in [0.2, 0.25) is 0 Å². The first-order chi connectivity index (χ1) is 14.5. The highest BCUT2D eigenvalue weighted by Gasteiger charge is 2.34. The lowest BCUT2D eigenvalue weighted by molar-refractivity contribution is -0.138. The van der Waals surface area contributed by atoms with Crippen LogP contribution in [0, 0.1) is 0 Å². The molecule has 2 aliphatic heterocycles. The van der Waals surface area contributed by atoms with E-state index < -0.39 is 11.9 Å². The van der Waals surface area contributed by atoms with Gasteiger partial charge >= 0.3 is 5.97 Å². The van der Waals surface area contributed by atoms with Gasteiger partial charge in [-0.25, -0.2) is 0 Å². The van der Waals surface area contributed by atoms with Gasteiger partial charge in [0.1, 0.15) is 12.3 Å². The number of amides is 1. The van der Waals surface area contributed by atoms with Crippen molar-refractivity contribution in [2.45, 2.75) is 44.4 Å². The summed E-state index contributed by atoms with van der Waals surface area (Å²) in [4.78, 5) is 31.9. The van der Waals surface area contributed by atoms with Crippen LogP contribution in [0.15, 0.2) is 24.3 Å². The number of hydrogen-bond acceptors (Lipinski definition) is 4. The summed E-state index contributed by atoms with van der Waals surface area (Å²) in [6.07, 6.45) is 3.93. The molecule has 2 N–H and O–H groups in total. The van der Waals surface area contributed by atoms with Crippen LogP contribution in [0.1, 0.15) is 66.1 Å². The average molecular weight is 409 g/mol. The van der Waals surface area contributed by atoms with Gasteiger partial charge in [-0.15, -0.1) is 0 Å². The first kappa shape index (κ1) is 19.0. The van der Waals surface area contributed by atoms with Gasteiger partial charge in [0, 0.05) is 24.8 Å². The van der Waals surface area contributed by atoms with Crippen LogP contribution in [0.4, 0.5) is 11.5 Å². The number of carbonyl (C=O) groups is 2. The number of carbonyl (C=O) groups excluding carboxylic acids is 1. The van der Waals surface area contributed by atoms with E-state index in [1.165, 1.54) is 6.42 Å². The van der Waals surface area contributed by atoms with E-state index in [-0.39, 0.29) is 11.8 Å². The van der Waals surface area contributed by atoms with Crippen molar-refractivity contribution in [3.05, 3.63) is 41.1 Å². The molecule has 0 bridgehead atoms. The monoisotopic (exact) mass is 409 g/mol. The highest BCUT2D eigenvalue weighted by molar-refractivity contribution is 5.94. The minimum atomic E-state index is -0.757. The normalized spacial score (nSPS) is 23.0. The number of aromatic amines is 1. The SMILES string of the molecule is CC1CC(C(=O)O)c2ccc(N3CCOc4cc(C(=O)N5CCCCC5)[nH]c43)cc21. The van der Waals surface area contributed by atoms with Crippen molar-refractivity contribution in [1.29, 1.82) is 0 Å². The number of ether oxygens (including phenoxy) is 1. The molecular weight excluding hydrogens is 382 g/mol. The molecule has 7 heteroatoms. The highest BCUT2D eigenvalue weighted by atomic mass is 16.5. The third kappa shape index (κ3) is 3.13.